The van der Waals surface area contributed by atoms with Crippen LogP contribution in [-0.2, 0) is 17.7 Å². The van der Waals surface area contributed by atoms with Crippen LogP contribution in [0.3, 0.4) is 0 Å². The Kier molecular flexibility index (Phi) is 3.84. The molecule has 20 heavy (non-hydrogen) atoms. The third-order valence-corrected chi connectivity index (χ3v) is 5.09. The molecule has 0 bridgehead atoms. The maximum Gasteiger partial charge on any atom is 0.150 e. The molecule has 1 aromatic heterocycles. The number of nitrogens with zero attached hydrogens (tertiary/aromatic N) is 2. The number of nitrogens with two attached hydrogens (primary N) is 1. The first-order chi connectivity index (χ1) is 9.55. The number of morpholine rings is 1. The summed E-state index contributed by atoms with van der Waals surface area (Å²) in [7, 11) is 0. The van der Waals surface area contributed by atoms with Crippen LogP contribution < -0.4 is 5.73 Å². The van der Waals surface area contributed by atoms with Crippen molar-refractivity contribution in [1.29, 1.82) is 0 Å². The summed E-state index contributed by atoms with van der Waals surface area (Å²) < 4.78 is 10.8. The molecule has 1 aliphatic carbocycles. The molecular weight excluding hydrogens is 254 g/mol. The highest BCUT2D eigenvalue weighted by atomic mass is 16.5. The molecule has 2 aliphatic rings. The molecule has 5 nitrogen and oxygen atoms in total. The van der Waals surface area contributed by atoms with Crippen LogP contribution in [0.1, 0.15) is 31.7 Å². The summed E-state index contributed by atoms with van der Waals surface area (Å²) in [6.45, 7) is 8.91. The van der Waals surface area contributed by atoms with Crippen molar-refractivity contribution in [2.75, 3.05) is 26.3 Å². The van der Waals surface area contributed by atoms with Crippen LogP contribution in [0.25, 0.3) is 0 Å². The molecule has 1 aromatic rings. The first-order valence-corrected chi connectivity index (χ1v) is 7.56. The average Bonchev–Trinajstić information content (AvgIpc) is 2.87. The minimum absolute atomic E-state index is 0.226. The van der Waals surface area contributed by atoms with Crippen LogP contribution in [0.5, 0.6) is 0 Å². The monoisotopic (exact) mass is 279 g/mol. The molecule has 2 atom stereocenters. The minimum Gasteiger partial charge on any atom is -0.379 e. The zero-order valence-electron chi connectivity index (χ0n) is 12.5. The van der Waals surface area contributed by atoms with Crippen LogP contribution in [0.15, 0.2) is 10.6 Å². The summed E-state index contributed by atoms with van der Waals surface area (Å²) in [5, 5.41) is 4.22. The topological polar surface area (TPSA) is 64.5 Å². The van der Waals surface area contributed by atoms with Crippen molar-refractivity contribution in [3.05, 3.63) is 17.5 Å². The number of rotatable bonds is 4. The Bertz CT molecular complexity index is 452. The summed E-state index contributed by atoms with van der Waals surface area (Å²) in [6, 6.07) is 2.43. The van der Waals surface area contributed by atoms with E-state index in [-0.39, 0.29) is 5.41 Å². The highest BCUT2D eigenvalue weighted by Gasteiger charge is 2.45. The standard InChI is InChI=1S/C15H25N3O2/c1-15(2)11(8-14(15)16)7-12-9-13(20-17-12)10-18-3-5-19-6-4-18/h9,11,14H,3-8,10,16H2,1-2H3. The Labute approximate surface area is 120 Å². The number of ether oxygens (including phenoxy) is 1. The van der Waals surface area contributed by atoms with Gasteiger partial charge in [-0.1, -0.05) is 19.0 Å². The van der Waals surface area contributed by atoms with Crippen molar-refractivity contribution >= 4 is 0 Å². The number of aromatic nitrogens is 1. The minimum atomic E-state index is 0.226. The van der Waals surface area contributed by atoms with Gasteiger partial charge in [-0.2, -0.15) is 0 Å². The van der Waals surface area contributed by atoms with Gasteiger partial charge >= 0.3 is 0 Å². The third kappa shape index (κ3) is 2.75. The number of hydrogen-bond donors (Lipinski definition) is 1. The lowest BCUT2D eigenvalue weighted by molar-refractivity contribution is 0.0304. The molecule has 2 heterocycles. The van der Waals surface area contributed by atoms with Crippen molar-refractivity contribution in [2.24, 2.45) is 17.1 Å². The summed E-state index contributed by atoms with van der Waals surface area (Å²) in [5.41, 5.74) is 7.36. The first kappa shape index (κ1) is 14.0. The van der Waals surface area contributed by atoms with Gasteiger partial charge in [0.05, 0.1) is 25.5 Å². The van der Waals surface area contributed by atoms with Gasteiger partial charge in [-0.05, 0) is 24.2 Å². The van der Waals surface area contributed by atoms with Gasteiger partial charge in [0, 0.05) is 25.2 Å². The van der Waals surface area contributed by atoms with Gasteiger partial charge < -0.3 is 15.0 Å². The molecule has 112 valence electrons. The molecule has 3 rings (SSSR count). The zero-order valence-corrected chi connectivity index (χ0v) is 12.5. The van der Waals surface area contributed by atoms with E-state index < -0.39 is 0 Å². The molecule has 2 N–H and O–H groups in total. The Balaban J connectivity index is 1.54. The van der Waals surface area contributed by atoms with Gasteiger partial charge in [-0.25, -0.2) is 0 Å². The fourth-order valence-corrected chi connectivity index (χ4v) is 3.16. The molecule has 0 amide bonds. The van der Waals surface area contributed by atoms with E-state index in [1.807, 2.05) is 0 Å². The van der Waals surface area contributed by atoms with Crippen LogP contribution in [0, 0.1) is 11.3 Å². The summed E-state index contributed by atoms with van der Waals surface area (Å²) in [4.78, 5) is 2.34. The predicted octanol–water partition coefficient (Wildman–Crippen LogP) is 1.42. The lowest BCUT2D eigenvalue weighted by Crippen LogP contribution is -2.55. The molecule has 1 saturated heterocycles. The van der Waals surface area contributed by atoms with Crippen molar-refractivity contribution in [1.82, 2.24) is 10.1 Å². The molecule has 5 heteroatoms. The van der Waals surface area contributed by atoms with E-state index in [1.54, 1.807) is 0 Å². The van der Waals surface area contributed by atoms with Crippen molar-refractivity contribution in [2.45, 2.75) is 39.3 Å². The van der Waals surface area contributed by atoms with Crippen LogP contribution in [-0.4, -0.2) is 42.4 Å². The van der Waals surface area contributed by atoms with E-state index >= 15 is 0 Å². The van der Waals surface area contributed by atoms with Crippen LogP contribution >= 0.6 is 0 Å². The van der Waals surface area contributed by atoms with Gasteiger partial charge in [-0.15, -0.1) is 0 Å². The second kappa shape index (κ2) is 5.47. The smallest absolute Gasteiger partial charge is 0.150 e. The molecule has 2 fully saturated rings. The fraction of sp³-hybridized carbons (Fsp3) is 0.800. The van der Waals surface area contributed by atoms with E-state index in [1.165, 1.54) is 0 Å². The van der Waals surface area contributed by atoms with Crippen LogP contribution in [0.2, 0.25) is 0 Å². The molecule has 1 aliphatic heterocycles. The predicted molar refractivity (Wildman–Crippen MR) is 76.2 cm³/mol. The lowest BCUT2D eigenvalue weighted by Gasteiger charge is -2.50. The normalized spacial score (nSPS) is 30.1. The number of hydrogen-bond acceptors (Lipinski definition) is 5. The van der Waals surface area contributed by atoms with E-state index in [0.717, 1.165) is 57.1 Å². The first-order valence-electron chi connectivity index (χ1n) is 7.56. The summed E-state index contributed by atoms with van der Waals surface area (Å²) >= 11 is 0. The lowest BCUT2D eigenvalue weighted by atomic mass is 9.57. The molecule has 0 aromatic carbocycles. The molecule has 1 saturated carbocycles. The Morgan fingerprint density at radius 2 is 2.15 bits per heavy atom. The van der Waals surface area contributed by atoms with E-state index in [4.69, 9.17) is 15.0 Å². The molecule has 2 unspecified atom stereocenters. The van der Waals surface area contributed by atoms with Gasteiger partial charge in [0.15, 0.2) is 5.76 Å². The quantitative estimate of drug-likeness (QED) is 0.903. The Morgan fingerprint density at radius 3 is 2.80 bits per heavy atom. The Hall–Kier alpha value is -0.910. The molecule has 0 spiro atoms. The van der Waals surface area contributed by atoms with Gasteiger partial charge in [-0.3, -0.25) is 4.90 Å². The largest absolute Gasteiger partial charge is 0.379 e. The van der Waals surface area contributed by atoms with Crippen molar-refractivity contribution in [3.63, 3.8) is 0 Å². The van der Waals surface area contributed by atoms with Crippen molar-refractivity contribution < 1.29 is 9.26 Å². The Morgan fingerprint density at radius 1 is 1.40 bits per heavy atom. The van der Waals surface area contributed by atoms with E-state index in [2.05, 4.69) is 30.0 Å². The SMILES string of the molecule is CC1(C)C(N)CC1Cc1cc(CN2CCOCC2)on1. The highest BCUT2D eigenvalue weighted by molar-refractivity contribution is 5.10. The maximum atomic E-state index is 6.07. The highest BCUT2D eigenvalue weighted by Crippen LogP contribution is 2.46. The van der Waals surface area contributed by atoms with E-state index in [0.29, 0.717) is 12.0 Å². The molecule has 0 radical (unpaired) electrons. The third-order valence-electron chi connectivity index (χ3n) is 5.09. The maximum absolute atomic E-state index is 6.07. The van der Waals surface area contributed by atoms with Crippen molar-refractivity contribution in [3.8, 4) is 0 Å². The summed E-state index contributed by atoms with van der Waals surface area (Å²) in [6.07, 6.45) is 2.08. The summed E-state index contributed by atoms with van der Waals surface area (Å²) in [5.74, 6) is 1.59. The zero-order chi connectivity index (χ0) is 14.2. The second-order valence-corrected chi connectivity index (χ2v) is 6.74. The second-order valence-electron chi connectivity index (χ2n) is 6.74. The molecular formula is C15H25N3O2. The van der Waals surface area contributed by atoms with Gasteiger partial charge in [0.1, 0.15) is 0 Å². The van der Waals surface area contributed by atoms with E-state index in [9.17, 15) is 0 Å². The fourth-order valence-electron chi connectivity index (χ4n) is 3.16. The van der Waals surface area contributed by atoms with Gasteiger partial charge in [0.2, 0.25) is 0 Å². The average molecular weight is 279 g/mol. The van der Waals surface area contributed by atoms with Crippen LogP contribution in [0.4, 0.5) is 0 Å². The van der Waals surface area contributed by atoms with Gasteiger partial charge in [0.25, 0.3) is 0 Å².